The fourth-order valence-corrected chi connectivity index (χ4v) is 5.03. The fraction of sp³-hybridized carbons (Fsp3) is 0.680. The molecule has 2 aliphatic heterocycles. The van der Waals surface area contributed by atoms with Gasteiger partial charge >= 0.3 is 12.1 Å². The van der Waals surface area contributed by atoms with Crippen LogP contribution in [0.15, 0.2) is 24.3 Å². The summed E-state index contributed by atoms with van der Waals surface area (Å²) < 4.78 is 12.0. The van der Waals surface area contributed by atoms with Gasteiger partial charge < -0.3 is 35.4 Å². The first-order chi connectivity index (χ1) is 16.9. The van der Waals surface area contributed by atoms with Crippen LogP contribution in [0.4, 0.5) is 9.59 Å². The lowest BCUT2D eigenvalue weighted by molar-refractivity contribution is -0.0159. The number of ether oxygens (including phenoxy) is 2. The molecule has 0 bridgehead atoms. The number of carbonyl (C=O) groups is 2. The molecular formula is C25H39ClN4O5. The minimum atomic E-state index is -0.999. The van der Waals surface area contributed by atoms with Crippen molar-refractivity contribution in [3.05, 3.63) is 34.9 Å². The third-order valence-electron chi connectivity index (χ3n) is 6.83. The third-order valence-corrected chi connectivity index (χ3v) is 7.07. The summed E-state index contributed by atoms with van der Waals surface area (Å²) in [6, 6.07) is 7.29. The van der Waals surface area contributed by atoms with Gasteiger partial charge in [-0.1, -0.05) is 23.7 Å². The van der Waals surface area contributed by atoms with E-state index in [0.29, 0.717) is 24.7 Å². The van der Waals surface area contributed by atoms with E-state index in [9.17, 15) is 9.59 Å². The fourth-order valence-electron chi connectivity index (χ4n) is 4.83. The van der Waals surface area contributed by atoms with Crippen molar-refractivity contribution in [1.29, 1.82) is 0 Å². The van der Waals surface area contributed by atoms with Crippen molar-refractivity contribution in [1.82, 2.24) is 15.1 Å². The zero-order valence-electron chi connectivity index (χ0n) is 20.5. The molecule has 4 N–H and O–H groups in total. The lowest BCUT2D eigenvalue weighted by Crippen LogP contribution is -2.52. The van der Waals surface area contributed by atoms with E-state index in [1.807, 2.05) is 29.2 Å². The Kier molecular flexibility index (Phi) is 10.9. The number of halogens is 1. The highest BCUT2D eigenvalue weighted by molar-refractivity contribution is 6.30. The Bertz CT molecular complexity index is 823. The first kappa shape index (κ1) is 27.5. The summed E-state index contributed by atoms with van der Waals surface area (Å²) in [5.41, 5.74) is 6.89. The molecule has 2 unspecified atom stereocenters. The van der Waals surface area contributed by atoms with E-state index >= 15 is 0 Å². The van der Waals surface area contributed by atoms with Crippen molar-refractivity contribution >= 4 is 23.7 Å². The molecule has 10 heteroatoms. The van der Waals surface area contributed by atoms with Gasteiger partial charge in [0.1, 0.15) is 0 Å². The molecule has 2 aliphatic rings. The number of nitrogens with zero attached hydrogens (tertiary/aromatic N) is 2. The van der Waals surface area contributed by atoms with Crippen LogP contribution in [0.5, 0.6) is 0 Å². The molecule has 3 rings (SSSR count). The van der Waals surface area contributed by atoms with E-state index in [1.54, 1.807) is 0 Å². The van der Waals surface area contributed by atoms with Crippen molar-refractivity contribution in [2.45, 2.75) is 56.8 Å². The lowest BCUT2D eigenvalue weighted by atomic mass is 9.88. The molecule has 0 radical (unpaired) electrons. The highest BCUT2D eigenvalue weighted by atomic mass is 35.5. The molecule has 2 fully saturated rings. The van der Waals surface area contributed by atoms with E-state index < -0.39 is 6.09 Å². The maximum absolute atomic E-state index is 13.1. The van der Waals surface area contributed by atoms with Crippen LogP contribution >= 0.6 is 11.6 Å². The summed E-state index contributed by atoms with van der Waals surface area (Å²) in [6.07, 6.45) is 4.58. The molecule has 196 valence electrons. The molecule has 9 nitrogen and oxygen atoms in total. The topological polar surface area (TPSA) is 117 Å². The van der Waals surface area contributed by atoms with Crippen LogP contribution in [0.1, 0.15) is 50.2 Å². The molecular weight excluding hydrogens is 472 g/mol. The number of amides is 3. The van der Waals surface area contributed by atoms with Gasteiger partial charge in [-0.05, 0) is 56.2 Å². The normalized spacial score (nSPS) is 22.3. The van der Waals surface area contributed by atoms with Gasteiger partial charge in [0, 0.05) is 56.8 Å². The molecule has 0 saturated carbocycles. The van der Waals surface area contributed by atoms with Gasteiger partial charge in [0.2, 0.25) is 0 Å². The van der Waals surface area contributed by atoms with Crippen LogP contribution < -0.4 is 11.1 Å². The number of likely N-dealkylation sites (tertiary alicyclic amines) is 1. The molecule has 4 atom stereocenters. The number of carbonyl (C=O) groups excluding carboxylic acids is 1. The number of urea groups is 1. The highest BCUT2D eigenvalue weighted by Gasteiger charge is 2.32. The standard InChI is InChI=1S/C25H39ClN4O5/c1-29(25(32)33)11-13-35-23(18-6-4-8-20(26)14-18)19-7-5-10-30(17-19)24(31)28-21(16-27)15-22-9-2-3-12-34-22/h4,6,8,14,19,21-23H,2-3,5,7,9-13,15-17,27H2,1H3,(H,28,31)(H,32,33)/t19-,21+,22?,23?/m1/s1. The van der Waals surface area contributed by atoms with E-state index in [-0.39, 0.29) is 43.4 Å². The number of nitrogens with two attached hydrogens (primary N) is 1. The monoisotopic (exact) mass is 510 g/mol. The van der Waals surface area contributed by atoms with Crippen LogP contribution in [0.3, 0.4) is 0 Å². The Labute approximate surface area is 212 Å². The first-order valence-electron chi connectivity index (χ1n) is 12.6. The summed E-state index contributed by atoms with van der Waals surface area (Å²) in [7, 11) is 1.51. The molecule has 35 heavy (non-hydrogen) atoms. The van der Waals surface area contributed by atoms with Crippen molar-refractivity contribution < 1.29 is 24.2 Å². The third kappa shape index (κ3) is 8.52. The SMILES string of the molecule is CN(CCOC(c1cccc(Cl)c1)[C@@H]1CCCN(C(=O)N[C@H](CN)CC2CCCCO2)C1)C(=O)O. The van der Waals surface area contributed by atoms with Crippen LogP contribution in [-0.4, -0.2) is 85.6 Å². The Morgan fingerprint density at radius 1 is 1.34 bits per heavy atom. The van der Waals surface area contributed by atoms with Gasteiger partial charge in [0.15, 0.2) is 0 Å². The maximum atomic E-state index is 13.1. The quantitative estimate of drug-likeness (QED) is 0.441. The Morgan fingerprint density at radius 2 is 2.17 bits per heavy atom. The molecule has 2 saturated heterocycles. The van der Waals surface area contributed by atoms with Crippen molar-refractivity contribution in [2.75, 3.05) is 46.4 Å². The predicted octanol–water partition coefficient (Wildman–Crippen LogP) is 3.72. The second-order valence-electron chi connectivity index (χ2n) is 9.51. The average Bonchev–Trinajstić information content (AvgIpc) is 2.86. The minimum Gasteiger partial charge on any atom is -0.465 e. The number of rotatable bonds is 10. The zero-order chi connectivity index (χ0) is 25.2. The van der Waals surface area contributed by atoms with E-state index in [1.165, 1.54) is 11.9 Å². The predicted molar refractivity (Wildman–Crippen MR) is 135 cm³/mol. The number of hydrogen-bond donors (Lipinski definition) is 3. The number of nitrogens with one attached hydrogen (secondary N) is 1. The first-order valence-corrected chi connectivity index (χ1v) is 12.9. The number of benzene rings is 1. The van der Waals surface area contributed by atoms with Gasteiger partial charge in [-0.2, -0.15) is 0 Å². The summed E-state index contributed by atoms with van der Waals surface area (Å²) in [5.74, 6) is 0.0566. The van der Waals surface area contributed by atoms with E-state index in [0.717, 1.165) is 50.7 Å². The van der Waals surface area contributed by atoms with Crippen LogP contribution in [0.25, 0.3) is 0 Å². The van der Waals surface area contributed by atoms with Crippen LogP contribution in [0.2, 0.25) is 5.02 Å². The van der Waals surface area contributed by atoms with Gasteiger partial charge in [-0.25, -0.2) is 9.59 Å². The van der Waals surface area contributed by atoms with E-state index in [4.69, 9.17) is 31.9 Å². The Hall–Kier alpha value is -2.07. The minimum absolute atomic E-state index is 0.0566. The van der Waals surface area contributed by atoms with E-state index in [2.05, 4.69) is 5.32 Å². The van der Waals surface area contributed by atoms with Gasteiger partial charge in [0.25, 0.3) is 0 Å². The lowest BCUT2D eigenvalue weighted by Gasteiger charge is -2.38. The number of carboxylic acid groups (broad SMARTS) is 1. The second kappa shape index (κ2) is 13.9. The molecule has 0 spiro atoms. The molecule has 0 aliphatic carbocycles. The van der Waals surface area contributed by atoms with Crippen molar-refractivity contribution in [3.8, 4) is 0 Å². The largest absolute Gasteiger partial charge is 0.465 e. The van der Waals surface area contributed by atoms with Gasteiger partial charge in [-0.15, -0.1) is 0 Å². The Balaban J connectivity index is 1.62. The molecule has 1 aromatic carbocycles. The number of hydrogen-bond acceptors (Lipinski definition) is 5. The molecule has 2 heterocycles. The molecule has 3 amide bonds. The van der Waals surface area contributed by atoms with Crippen LogP contribution in [-0.2, 0) is 9.47 Å². The zero-order valence-corrected chi connectivity index (χ0v) is 21.3. The molecule has 0 aromatic heterocycles. The van der Waals surface area contributed by atoms with Crippen molar-refractivity contribution in [3.63, 3.8) is 0 Å². The van der Waals surface area contributed by atoms with Gasteiger partial charge in [-0.3, -0.25) is 0 Å². The summed E-state index contributed by atoms with van der Waals surface area (Å²) >= 11 is 6.25. The maximum Gasteiger partial charge on any atom is 0.407 e. The number of likely N-dealkylation sites (N-methyl/N-ethyl adjacent to an activating group) is 1. The average molecular weight is 511 g/mol. The van der Waals surface area contributed by atoms with Gasteiger partial charge in [0.05, 0.1) is 18.8 Å². The molecule has 1 aromatic rings. The summed E-state index contributed by atoms with van der Waals surface area (Å²) in [5, 5.41) is 12.8. The summed E-state index contributed by atoms with van der Waals surface area (Å²) in [4.78, 5) is 27.3. The Morgan fingerprint density at radius 3 is 2.86 bits per heavy atom. The number of piperidine rings is 1. The smallest absolute Gasteiger partial charge is 0.407 e. The van der Waals surface area contributed by atoms with Crippen LogP contribution in [0, 0.1) is 5.92 Å². The highest BCUT2D eigenvalue weighted by Crippen LogP contribution is 2.34. The summed E-state index contributed by atoms with van der Waals surface area (Å²) in [6.45, 7) is 2.85. The van der Waals surface area contributed by atoms with Crippen molar-refractivity contribution in [2.24, 2.45) is 11.7 Å². The second-order valence-corrected chi connectivity index (χ2v) is 9.94.